The minimum atomic E-state index is 0.00485. The van der Waals surface area contributed by atoms with Crippen LogP contribution in [0.2, 0.25) is 0 Å². The summed E-state index contributed by atoms with van der Waals surface area (Å²) in [5, 5.41) is 0. The van der Waals surface area contributed by atoms with Crippen LogP contribution in [0.25, 0.3) is 0 Å². The van der Waals surface area contributed by atoms with E-state index in [-0.39, 0.29) is 5.97 Å². The van der Waals surface area contributed by atoms with Crippen molar-refractivity contribution in [2.45, 2.75) is 111 Å². The molecule has 4 saturated carbocycles. The summed E-state index contributed by atoms with van der Waals surface area (Å²) in [7, 11) is 0. The number of rotatable bonds is 6. The van der Waals surface area contributed by atoms with Crippen molar-refractivity contribution >= 4 is 5.97 Å². The van der Waals surface area contributed by atoms with Crippen LogP contribution in [0.3, 0.4) is 0 Å². The van der Waals surface area contributed by atoms with Gasteiger partial charge in [-0.2, -0.15) is 0 Å². The predicted molar refractivity (Wildman–Crippen MR) is 119 cm³/mol. The van der Waals surface area contributed by atoms with Gasteiger partial charge in [0.25, 0.3) is 0 Å². The van der Waals surface area contributed by atoms with Crippen molar-refractivity contribution in [3.63, 3.8) is 0 Å². The van der Waals surface area contributed by atoms with E-state index in [4.69, 9.17) is 4.74 Å². The molecule has 0 heterocycles. The summed E-state index contributed by atoms with van der Waals surface area (Å²) in [5.41, 5.74) is 1.16. The molecule has 0 amide bonds. The summed E-state index contributed by atoms with van der Waals surface area (Å²) in [5.74, 6) is 5.74. The van der Waals surface area contributed by atoms with Gasteiger partial charge in [-0.05, 0) is 111 Å². The van der Waals surface area contributed by atoms with Crippen LogP contribution in [0.15, 0.2) is 0 Å². The van der Waals surface area contributed by atoms with Gasteiger partial charge in [-0.15, -0.1) is 0 Å². The highest BCUT2D eigenvalue weighted by Crippen LogP contribution is 2.69. The van der Waals surface area contributed by atoms with Crippen LogP contribution in [0.1, 0.15) is 111 Å². The molecule has 2 heteroatoms. The maximum Gasteiger partial charge on any atom is 0.305 e. The van der Waals surface area contributed by atoms with E-state index in [1.807, 2.05) is 6.92 Å². The molecule has 29 heavy (non-hydrogen) atoms. The van der Waals surface area contributed by atoms with Gasteiger partial charge in [-0.3, -0.25) is 4.79 Å². The Morgan fingerprint density at radius 1 is 0.931 bits per heavy atom. The standard InChI is InChI=1S/C27H46O2/c1-5-19-18-21-23-14-13-20(10-9-12-25(28)29-6-2)26(23,3)17-15-24(21)27(4)16-8-7-11-22(19)27/h19-24H,5-18H2,1-4H3/t19-,20?,21?,22?,23?,24?,26?,27?/m0/s1. The molecule has 0 aromatic carbocycles. The third kappa shape index (κ3) is 3.69. The van der Waals surface area contributed by atoms with Gasteiger partial charge in [0.05, 0.1) is 6.61 Å². The average molecular weight is 403 g/mol. The third-order valence-electron chi connectivity index (χ3n) is 10.7. The highest BCUT2D eigenvalue weighted by atomic mass is 16.5. The van der Waals surface area contributed by atoms with Crippen molar-refractivity contribution in [3.8, 4) is 0 Å². The van der Waals surface area contributed by atoms with Crippen molar-refractivity contribution in [1.82, 2.24) is 0 Å². The molecule has 0 N–H and O–H groups in total. The fourth-order valence-corrected chi connectivity index (χ4v) is 9.33. The van der Waals surface area contributed by atoms with E-state index in [1.165, 1.54) is 70.6 Å². The number of hydrogen-bond donors (Lipinski definition) is 0. The zero-order chi connectivity index (χ0) is 20.6. The summed E-state index contributed by atoms with van der Waals surface area (Å²) >= 11 is 0. The molecule has 8 atom stereocenters. The predicted octanol–water partition coefficient (Wildman–Crippen LogP) is 7.40. The van der Waals surface area contributed by atoms with Crippen LogP contribution in [0, 0.1) is 46.3 Å². The van der Waals surface area contributed by atoms with Crippen LogP contribution in [-0.4, -0.2) is 12.6 Å². The molecule has 4 fully saturated rings. The Hall–Kier alpha value is -0.530. The number of esters is 1. The van der Waals surface area contributed by atoms with Crippen LogP contribution < -0.4 is 0 Å². The largest absolute Gasteiger partial charge is 0.466 e. The van der Waals surface area contributed by atoms with Gasteiger partial charge < -0.3 is 4.74 Å². The number of fused-ring (bicyclic) bond motifs is 5. The second kappa shape index (κ2) is 8.54. The first kappa shape index (κ1) is 21.7. The smallest absolute Gasteiger partial charge is 0.305 e. The number of carbonyl (C=O) groups is 1. The molecule has 4 rings (SSSR count). The molecule has 4 aliphatic rings. The molecule has 0 bridgehead atoms. The SMILES string of the molecule is CCOC(=O)CCCC1CCC2C3C[C@H](CC)C4CCCCC4(C)C3CCC12C. The Labute approximate surface area is 179 Å². The molecule has 0 spiro atoms. The molecule has 0 aromatic heterocycles. The van der Waals surface area contributed by atoms with E-state index >= 15 is 0 Å². The fourth-order valence-electron chi connectivity index (χ4n) is 9.33. The number of carbonyl (C=O) groups excluding carboxylic acids is 1. The van der Waals surface area contributed by atoms with Crippen LogP contribution in [0.4, 0.5) is 0 Å². The average Bonchev–Trinajstić information content (AvgIpc) is 3.04. The molecule has 2 nitrogen and oxygen atoms in total. The highest BCUT2D eigenvalue weighted by molar-refractivity contribution is 5.69. The Balaban J connectivity index is 1.46. The molecule has 0 radical (unpaired) electrons. The second-order valence-electron chi connectivity index (χ2n) is 11.7. The number of ether oxygens (including phenoxy) is 1. The minimum Gasteiger partial charge on any atom is -0.466 e. The minimum absolute atomic E-state index is 0.00485. The highest BCUT2D eigenvalue weighted by Gasteiger charge is 2.60. The molecule has 4 aliphatic carbocycles. The van der Waals surface area contributed by atoms with Crippen molar-refractivity contribution in [3.05, 3.63) is 0 Å². The maximum absolute atomic E-state index is 11.8. The maximum atomic E-state index is 11.8. The lowest BCUT2D eigenvalue weighted by Gasteiger charge is -2.62. The summed E-state index contributed by atoms with van der Waals surface area (Å²) < 4.78 is 5.16. The Bertz CT molecular complexity index is 585. The van der Waals surface area contributed by atoms with Gasteiger partial charge in [-0.25, -0.2) is 0 Å². The zero-order valence-corrected chi connectivity index (χ0v) is 19.7. The lowest BCUT2D eigenvalue weighted by atomic mass is 9.42. The molecule has 0 saturated heterocycles. The van der Waals surface area contributed by atoms with E-state index in [0.717, 1.165) is 41.9 Å². The quantitative estimate of drug-likeness (QED) is 0.432. The van der Waals surface area contributed by atoms with Crippen molar-refractivity contribution in [2.24, 2.45) is 46.3 Å². The van der Waals surface area contributed by atoms with Crippen molar-refractivity contribution < 1.29 is 9.53 Å². The van der Waals surface area contributed by atoms with Crippen LogP contribution >= 0.6 is 0 Å². The molecule has 0 aliphatic heterocycles. The van der Waals surface area contributed by atoms with E-state index in [0.29, 0.717) is 23.9 Å². The van der Waals surface area contributed by atoms with Gasteiger partial charge in [0, 0.05) is 6.42 Å². The zero-order valence-electron chi connectivity index (χ0n) is 19.7. The van der Waals surface area contributed by atoms with Crippen molar-refractivity contribution in [2.75, 3.05) is 6.61 Å². The topological polar surface area (TPSA) is 26.3 Å². The Kier molecular flexibility index (Phi) is 6.39. The first-order valence-electron chi connectivity index (χ1n) is 13.1. The monoisotopic (exact) mass is 402 g/mol. The fraction of sp³-hybridized carbons (Fsp3) is 0.963. The van der Waals surface area contributed by atoms with E-state index < -0.39 is 0 Å². The van der Waals surface area contributed by atoms with Gasteiger partial charge in [0.2, 0.25) is 0 Å². The first-order chi connectivity index (χ1) is 13.9. The molecule has 0 aromatic rings. The molecule has 166 valence electrons. The lowest BCUT2D eigenvalue weighted by Crippen LogP contribution is -2.55. The lowest BCUT2D eigenvalue weighted by molar-refractivity contribution is -0.143. The van der Waals surface area contributed by atoms with Crippen molar-refractivity contribution in [1.29, 1.82) is 0 Å². The van der Waals surface area contributed by atoms with Gasteiger partial charge in [-0.1, -0.05) is 40.0 Å². The Morgan fingerprint density at radius 3 is 2.48 bits per heavy atom. The molecule has 7 unspecified atom stereocenters. The van der Waals surface area contributed by atoms with Gasteiger partial charge >= 0.3 is 5.97 Å². The first-order valence-corrected chi connectivity index (χ1v) is 13.1. The third-order valence-corrected chi connectivity index (χ3v) is 10.7. The summed E-state index contributed by atoms with van der Waals surface area (Å²) in [6.07, 6.45) is 17.6. The summed E-state index contributed by atoms with van der Waals surface area (Å²) in [4.78, 5) is 11.8. The Morgan fingerprint density at radius 2 is 1.72 bits per heavy atom. The van der Waals surface area contributed by atoms with E-state index in [2.05, 4.69) is 20.8 Å². The van der Waals surface area contributed by atoms with Crippen LogP contribution in [-0.2, 0) is 9.53 Å². The number of hydrogen-bond acceptors (Lipinski definition) is 2. The molecular weight excluding hydrogens is 356 g/mol. The van der Waals surface area contributed by atoms with E-state index in [9.17, 15) is 4.79 Å². The summed E-state index contributed by atoms with van der Waals surface area (Å²) in [6, 6.07) is 0. The molecular formula is C27H46O2. The second-order valence-corrected chi connectivity index (χ2v) is 11.7. The van der Waals surface area contributed by atoms with Gasteiger partial charge in [0.1, 0.15) is 0 Å². The van der Waals surface area contributed by atoms with Gasteiger partial charge in [0.15, 0.2) is 0 Å². The summed E-state index contributed by atoms with van der Waals surface area (Å²) in [6.45, 7) is 10.2. The normalized spacial score (nSPS) is 46.5. The van der Waals surface area contributed by atoms with Crippen LogP contribution in [0.5, 0.6) is 0 Å². The van der Waals surface area contributed by atoms with E-state index in [1.54, 1.807) is 0 Å².